The number of aromatic nitrogens is 1. The molecule has 28 heavy (non-hydrogen) atoms. The van der Waals surface area contributed by atoms with Crippen LogP contribution in [0.4, 0.5) is 18.0 Å². The Balaban J connectivity index is 1.59. The Bertz CT molecular complexity index is 845. The molecule has 1 aromatic carbocycles. The molecule has 0 bridgehead atoms. The number of alkyl halides is 3. The number of hydrogen-bond donors (Lipinski definition) is 2. The van der Waals surface area contributed by atoms with Gasteiger partial charge in [0.1, 0.15) is 5.75 Å². The highest BCUT2D eigenvalue weighted by atomic mass is 19.4. The highest BCUT2D eigenvalue weighted by Gasteiger charge is 2.51. The predicted molar refractivity (Wildman–Crippen MR) is 101 cm³/mol. The summed E-state index contributed by atoms with van der Waals surface area (Å²) in [4.78, 5) is 17.1. The van der Waals surface area contributed by atoms with Gasteiger partial charge in [0.25, 0.3) is 0 Å². The molecule has 1 aromatic heterocycles. The molecule has 1 fully saturated rings. The number of carbonyl (C=O) groups excluding carboxylic acids is 1. The van der Waals surface area contributed by atoms with Crippen LogP contribution in [0, 0.1) is 11.3 Å². The zero-order chi connectivity index (χ0) is 20.5. The third-order valence-electron chi connectivity index (χ3n) is 5.55. The van der Waals surface area contributed by atoms with Crippen LogP contribution in [0.3, 0.4) is 0 Å². The van der Waals surface area contributed by atoms with Crippen LogP contribution in [-0.2, 0) is 6.42 Å². The maximum atomic E-state index is 13.2. The summed E-state index contributed by atoms with van der Waals surface area (Å²) in [7, 11) is 1.61. The SMILES string of the molecule is COc1cccc2[nH]cc(CCNC(=O)N3CCC(C(F)(F)F)C(C)(C)C3)c12. The summed E-state index contributed by atoms with van der Waals surface area (Å²) < 4.78 is 44.9. The molecule has 0 saturated carbocycles. The molecule has 2 heterocycles. The minimum atomic E-state index is -4.24. The van der Waals surface area contributed by atoms with Crippen LogP contribution in [0.5, 0.6) is 5.75 Å². The van der Waals surface area contributed by atoms with Gasteiger partial charge in [-0.2, -0.15) is 13.2 Å². The van der Waals surface area contributed by atoms with Crippen molar-refractivity contribution in [3.8, 4) is 5.75 Å². The fraction of sp³-hybridized carbons (Fsp3) is 0.550. The average Bonchev–Trinajstić information content (AvgIpc) is 3.03. The molecule has 2 amide bonds. The van der Waals surface area contributed by atoms with Crippen molar-refractivity contribution < 1.29 is 22.7 Å². The van der Waals surface area contributed by atoms with Gasteiger partial charge in [-0.05, 0) is 36.0 Å². The third kappa shape index (κ3) is 4.05. The molecule has 1 saturated heterocycles. The lowest BCUT2D eigenvalue weighted by Crippen LogP contribution is -2.54. The molecule has 8 heteroatoms. The van der Waals surface area contributed by atoms with Crippen molar-refractivity contribution in [1.29, 1.82) is 0 Å². The van der Waals surface area contributed by atoms with E-state index < -0.39 is 17.5 Å². The number of hydrogen-bond acceptors (Lipinski definition) is 2. The smallest absolute Gasteiger partial charge is 0.392 e. The van der Waals surface area contributed by atoms with Gasteiger partial charge in [0.2, 0.25) is 0 Å². The summed E-state index contributed by atoms with van der Waals surface area (Å²) in [6.45, 7) is 3.74. The number of nitrogens with one attached hydrogen (secondary N) is 2. The van der Waals surface area contributed by atoms with Crippen molar-refractivity contribution in [3.63, 3.8) is 0 Å². The molecule has 5 nitrogen and oxygen atoms in total. The van der Waals surface area contributed by atoms with Gasteiger partial charge in [-0.25, -0.2) is 4.79 Å². The van der Waals surface area contributed by atoms with Crippen LogP contribution < -0.4 is 10.1 Å². The van der Waals surface area contributed by atoms with Gasteiger partial charge < -0.3 is 19.9 Å². The van der Waals surface area contributed by atoms with Crippen LogP contribution in [0.2, 0.25) is 0 Å². The zero-order valence-electron chi connectivity index (χ0n) is 16.3. The molecule has 2 N–H and O–H groups in total. The minimum Gasteiger partial charge on any atom is -0.496 e. The van der Waals surface area contributed by atoms with Crippen molar-refractivity contribution in [2.45, 2.75) is 32.9 Å². The number of fused-ring (bicyclic) bond motifs is 1. The molecule has 1 aliphatic heterocycles. The molecule has 154 valence electrons. The minimum absolute atomic E-state index is 0.0659. The Morgan fingerprint density at radius 3 is 2.79 bits per heavy atom. The fourth-order valence-corrected chi connectivity index (χ4v) is 4.14. The molecular formula is C20H26F3N3O2. The normalized spacial score (nSPS) is 19.6. The number of ether oxygens (including phenoxy) is 1. The van der Waals surface area contributed by atoms with Crippen LogP contribution in [0.15, 0.2) is 24.4 Å². The van der Waals surface area contributed by atoms with Crippen LogP contribution in [-0.4, -0.2) is 48.8 Å². The number of rotatable bonds is 4. The number of benzene rings is 1. The molecule has 1 unspecified atom stereocenters. The first-order chi connectivity index (χ1) is 13.1. The molecule has 2 aromatic rings. The summed E-state index contributed by atoms with van der Waals surface area (Å²) in [6, 6.07) is 5.41. The van der Waals surface area contributed by atoms with E-state index in [1.807, 2.05) is 24.4 Å². The maximum Gasteiger partial charge on any atom is 0.392 e. The van der Waals surface area contributed by atoms with Crippen molar-refractivity contribution in [3.05, 3.63) is 30.0 Å². The first-order valence-corrected chi connectivity index (χ1v) is 9.36. The van der Waals surface area contributed by atoms with Crippen molar-refractivity contribution in [2.24, 2.45) is 11.3 Å². The predicted octanol–water partition coefficient (Wildman–Crippen LogP) is 4.34. The Labute approximate surface area is 162 Å². The third-order valence-corrected chi connectivity index (χ3v) is 5.55. The molecule has 1 atom stereocenters. The van der Waals surface area contributed by atoms with Gasteiger partial charge >= 0.3 is 12.2 Å². The number of urea groups is 1. The van der Waals surface area contributed by atoms with E-state index in [-0.39, 0.29) is 25.5 Å². The van der Waals surface area contributed by atoms with Crippen LogP contribution in [0.1, 0.15) is 25.8 Å². The van der Waals surface area contributed by atoms with E-state index in [0.29, 0.717) is 13.0 Å². The molecule has 0 radical (unpaired) electrons. The van der Waals surface area contributed by atoms with E-state index in [1.54, 1.807) is 21.0 Å². The highest BCUT2D eigenvalue weighted by molar-refractivity contribution is 5.89. The van der Waals surface area contributed by atoms with Crippen molar-refractivity contribution in [1.82, 2.24) is 15.2 Å². The Kier molecular flexibility index (Phi) is 5.50. The van der Waals surface area contributed by atoms with Gasteiger partial charge in [0.05, 0.1) is 13.0 Å². The maximum absolute atomic E-state index is 13.2. The summed E-state index contributed by atoms with van der Waals surface area (Å²) >= 11 is 0. The number of piperidine rings is 1. The largest absolute Gasteiger partial charge is 0.496 e. The van der Waals surface area contributed by atoms with E-state index in [4.69, 9.17) is 4.74 Å². The van der Waals surface area contributed by atoms with Gasteiger partial charge in [0.15, 0.2) is 0 Å². The van der Waals surface area contributed by atoms with E-state index in [9.17, 15) is 18.0 Å². The van der Waals surface area contributed by atoms with Crippen molar-refractivity contribution >= 4 is 16.9 Å². The average molecular weight is 397 g/mol. The Morgan fingerprint density at radius 1 is 1.39 bits per heavy atom. The lowest BCUT2D eigenvalue weighted by molar-refractivity contribution is -0.214. The number of amides is 2. The highest BCUT2D eigenvalue weighted by Crippen LogP contribution is 2.45. The number of methoxy groups -OCH3 is 1. The quantitative estimate of drug-likeness (QED) is 0.806. The second kappa shape index (κ2) is 7.56. The summed E-state index contributed by atoms with van der Waals surface area (Å²) in [5.41, 5.74) is 0.971. The van der Waals surface area contributed by atoms with E-state index in [0.717, 1.165) is 22.2 Å². The summed E-state index contributed by atoms with van der Waals surface area (Å²) in [5.74, 6) is -0.626. The van der Waals surface area contributed by atoms with Gasteiger partial charge in [0, 0.05) is 36.7 Å². The van der Waals surface area contributed by atoms with Crippen LogP contribution in [0.25, 0.3) is 10.9 Å². The van der Waals surface area contributed by atoms with E-state index in [2.05, 4.69) is 10.3 Å². The van der Waals surface area contributed by atoms with Crippen molar-refractivity contribution in [2.75, 3.05) is 26.7 Å². The zero-order valence-corrected chi connectivity index (χ0v) is 16.3. The second-order valence-electron chi connectivity index (χ2n) is 7.97. The summed E-state index contributed by atoms with van der Waals surface area (Å²) in [6.07, 6.45) is -1.82. The topological polar surface area (TPSA) is 57.4 Å². The number of H-pyrrole nitrogens is 1. The lowest BCUT2D eigenvalue weighted by Gasteiger charge is -2.44. The summed E-state index contributed by atoms with van der Waals surface area (Å²) in [5, 5.41) is 3.81. The van der Waals surface area contributed by atoms with Gasteiger partial charge in [-0.1, -0.05) is 19.9 Å². The van der Waals surface area contributed by atoms with Gasteiger partial charge in [-0.3, -0.25) is 0 Å². The fourth-order valence-electron chi connectivity index (χ4n) is 4.14. The van der Waals surface area contributed by atoms with Gasteiger partial charge in [-0.15, -0.1) is 0 Å². The molecule has 3 rings (SSSR count). The monoisotopic (exact) mass is 397 g/mol. The molecule has 0 spiro atoms. The lowest BCUT2D eigenvalue weighted by atomic mass is 9.73. The standard InChI is InChI=1S/C20H26F3N3O2/c1-19(2)12-26(10-8-16(19)20(21,22)23)18(27)24-9-7-13-11-25-14-5-4-6-15(28-3)17(13)14/h4-6,11,16,25H,7-10,12H2,1-3H3,(H,24,27). The van der Waals surface area contributed by atoms with E-state index in [1.165, 1.54) is 4.90 Å². The first kappa shape index (κ1) is 20.4. The first-order valence-electron chi connectivity index (χ1n) is 9.36. The van der Waals surface area contributed by atoms with E-state index >= 15 is 0 Å². The Morgan fingerprint density at radius 2 is 2.14 bits per heavy atom. The number of nitrogens with zero attached hydrogens (tertiary/aromatic N) is 1. The molecule has 0 aliphatic carbocycles. The second-order valence-corrected chi connectivity index (χ2v) is 7.97. The molecular weight excluding hydrogens is 371 g/mol. The van der Waals surface area contributed by atoms with Crippen LogP contribution >= 0.6 is 0 Å². The number of halogens is 3. The Hall–Kier alpha value is -2.38. The molecule has 1 aliphatic rings. The number of aromatic amines is 1. The number of carbonyl (C=O) groups is 1. The number of likely N-dealkylation sites (tertiary alicyclic amines) is 1.